The van der Waals surface area contributed by atoms with Crippen molar-refractivity contribution in [2.75, 3.05) is 12.4 Å². The summed E-state index contributed by atoms with van der Waals surface area (Å²) >= 11 is 12.3. The van der Waals surface area contributed by atoms with Crippen LogP contribution in [-0.4, -0.2) is 16.4 Å². The quantitative estimate of drug-likeness (QED) is 0.771. The number of pyridine rings is 1. The van der Waals surface area contributed by atoms with Gasteiger partial charge in [0.1, 0.15) is 0 Å². The van der Waals surface area contributed by atoms with E-state index in [-0.39, 0.29) is 0 Å². The van der Waals surface area contributed by atoms with E-state index in [1.54, 1.807) is 12.3 Å². The van der Waals surface area contributed by atoms with Crippen LogP contribution in [0.3, 0.4) is 0 Å². The van der Waals surface area contributed by atoms with E-state index in [2.05, 4.69) is 10.3 Å². The van der Waals surface area contributed by atoms with Gasteiger partial charge in [0.05, 0.1) is 5.69 Å². The lowest BCUT2D eigenvalue weighted by molar-refractivity contribution is 1.05. The molecule has 0 saturated carbocycles. The topological polar surface area (TPSA) is 55.3 Å². The summed E-state index contributed by atoms with van der Waals surface area (Å²) in [5.74, 6) is 0. The van der Waals surface area contributed by atoms with Gasteiger partial charge in [0.25, 0.3) is 0 Å². The molecule has 0 unspecified atom stereocenters. The molecule has 0 amide bonds. The molecule has 4 nitrogen and oxygen atoms in total. The first kappa shape index (κ1) is 14.2. The van der Waals surface area contributed by atoms with Crippen LogP contribution in [0.4, 0.5) is 5.69 Å². The largest absolute Gasteiger partial charge is 0.385 e. The second kappa shape index (κ2) is 5.56. The van der Waals surface area contributed by atoms with Crippen LogP contribution in [-0.2, 0) is 6.54 Å². The molecule has 21 heavy (non-hydrogen) atoms. The predicted octanol–water partition coefficient (Wildman–Crippen LogP) is 3.81. The van der Waals surface area contributed by atoms with Crippen LogP contribution in [0.15, 0.2) is 36.8 Å². The summed E-state index contributed by atoms with van der Waals surface area (Å²) < 4.78 is 1.95. The number of nitrogens with zero attached hydrogens (tertiary/aromatic N) is 2. The van der Waals surface area contributed by atoms with Crippen LogP contribution in [0, 0.1) is 0 Å². The molecule has 2 aromatic heterocycles. The molecule has 0 aliphatic carbocycles. The molecule has 0 spiro atoms. The standard InChI is InChI=1S/C15H14Cl2N4/c1-19-14-11(7-18)12(8-21-5-4-20-15(14)21)10-3-2-9(16)6-13(10)17/h2-6,8,19H,7,18H2,1H3. The van der Waals surface area contributed by atoms with Crippen LogP contribution < -0.4 is 11.1 Å². The van der Waals surface area contributed by atoms with Gasteiger partial charge < -0.3 is 15.5 Å². The first-order valence-corrected chi connectivity index (χ1v) is 7.23. The van der Waals surface area contributed by atoms with Gasteiger partial charge in [-0.2, -0.15) is 0 Å². The highest BCUT2D eigenvalue weighted by molar-refractivity contribution is 6.36. The minimum absolute atomic E-state index is 0.383. The monoisotopic (exact) mass is 320 g/mol. The van der Waals surface area contributed by atoms with Crippen LogP contribution in [0.5, 0.6) is 0 Å². The fourth-order valence-electron chi connectivity index (χ4n) is 2.51. The van der Waals surface area contributed by atoms with Gasteiger partial charge in [-0.15, -0.1) is 0 Å². The lowest BCUT2D eigenvalue weighted by atomic mass is 10.00. The number of nitrogens with one attached hydrogen (secondary N) is 1. The minimum atomic E-state index is 0.383. The maximum atomic E-state index is 6.34. The summed E-state index contributed by atoms with van der Waals surface area (Å²) in [6.07, 6.45) is 5.63. The second-order valence-corrected chi connectivity index (χ2v) is 5.48. The molecule has 0 saturated heterocycles. The molecule has 0 bridgehead atoms. The molecule has 0 atom stereocenters. The van der Waals surface area contributed by atoms with Crippen molar-refractivity contribution in [3.8, 4) is 11.1 Å². The Hall–Kier alpha value is -1.75. The van der Waals surface area contributed by atoms with Crippen molar-refractivity contribution in [2.45, 2.75) is 6.54 Å². The summed E-state index contributed by atoms with van der Waals surface area (Å²) in [4.78, 5) is 4.36. The van der Waals surface area contributed by atoms with E-state index < -0.39 is 0 Å². The van der Waals surface area contributed by atoms with E-state index in [1.165, 1.54) is 0 Å². The molecule has 2 heterocycles. The average Bonchev–Trinajstić information content (AvgIpc) is 2.93. The molecule has 3 rings (SSSR count). The highest BCUT2D eigenvalue weighted by Gasteiger charge is 2.16. The van der Waals surface area contributed by atoms with Gasteiger partial charge in [0, 0.05) is 58.9 Å². The lowest BCUT2D eigenvalue weighted by Gasteiger charge is -2.16. The molecular weight excluding hydrogens is 307 g/mol. The van der Waals surface area contributed by atoms with Gasteiger partial charge in [-0.05, 0) is 12.1 Å². The number of hydrogen-bond donors (Lipinski definition) is 2. The fraction of sp³-hybridized carbons (Fsp3) is 0.133. The van der Waals surface area contributed by atoms with Crippen molar-refractivity contribution in [3.63, 3.8) is 0 Å². The first-order valence-electron chi connectivity index (χ1n) is 6.47. The third-order valence-electron chi connectivity index (χ3n) is 3.46. The maximum absolute atomic E-state index is 6.34. The zero-order valence-corrected chi connectivity index (χ0v) is 12.9. The summed E-state index contributed by atoms with van der Waals surface area (Å²) in [6, 6.07) is 5.46. The Balaban J connectivity index is 2.35. The molecule has 1 aromatic carbocycles. The van der Waals surface area contributed by atoms with Gasteiger partial charge in [-0.1, -0.05) is 29.3 Å². The number of hydrogen-bond acceptors (Lipinski definition) is 3. The van der Waals surface area contributed by atoms with Crippen molar-refractivity contribution in [1.29, 1.82) is 0 Å². The van der Waals surface area contributed by atoms with Gasteiger partial charge in [0.15, 0.2) is 5.65 Å². The number of nitrogens with two attached hydrogens (primary N) is 1. The normalized spacial score (nSPS) is 11.0. The molecule has 0 fully saturated rings. The highest BCUT2D eigenvalue weighted by Crippen LogP contribution is 2.36. The first-order chi connectivity index (χ1) is 10.2. The number of halogens is 2. The van der Waals surface area contributed by atoms with E-state index in [4.69, 9.17) is 28.9 Å². The number of fused-ring (bicyclic) bond motifs is 1. The Morgan fingerprint density at radius 1 is 1.29 bits per heavy atom. The molecule has 3 N–H and O–H groups in total. The van der Waals surface area contributed by atoms with Crippen molar-refractivity contribution < 1.29 is 0 Å². The molecule has 0 aliphatic rings. The SMILES string of the molecule is CNc1c(CN)c(-c2ccc(Cl)cc2Cl)cn2ccnc12. The molecule has 3 aromatic rings. The molecule has 0 radical (unpaired) electrons. The van der Waals surface area contributed by atoms with Crippen LogP contribution in [0.2, 0.25) is 10.0 Å². The van der Waals surface area contributed by atoms with Gasteiger partial charge in [-0.3, -0.25) is 0 Å². The van der Waals surface area contributed by atoms with E-state index >= 15 is 0 Å². The Bertz CT molecular complexity index is 811. The number of rotatable bonds is 3. The summed E-state index contributed by atoms with van der Waals surface area (Å²) in [5, 5.41) is 4.39. The van der Waals surface area contributed by atoms with Crippen molar-refractivity contribution >= 4 is 34.5 Å². The van der Waals surface area contributed by atoms with E-state index in [0.29, 0.717) is 16.6 Å². The van der Waals surface area contributed by atoms with Gasteiger partial charge in [-0.25, -0.2) is 4.98 Å². The predicted molar refractivity (Wildman–Crippen MR) is 88.1 cm³/mol. The van der Waals surface area contributed by atoms with Crippen molar-refractivity contribution in [1.82, 2.24) is 9.38 Å². The van der Waals surface area contributed by atoms with Crippen molar-refractivity contribution in [2.24, 2.45) is 5.73 Å². The van der Waals surface area contributed by atoms with E-state index in [1.807, 2.05) is 36.0 Å². The fourth-order valence-corrected chi connectivity index (χ4v) is 3.02. The Labute approximate surface area is 132 Å². The van der Waals surface area contributed by atoms with Crippen LogP contribution in [0.1, 0.15) is 5.56 Å². The van der Waals surface area contributed by atoms with E-state index in [9.17, 15) is 0 Å². The van der Waals surface area contributed by atoms with Crippen LogP contribution in [0.25, 0.3) is 16.8 Å². The number of anilines is 1. The molecular formula is C15H14Cl2N4. The summed E-state index contributed by atoms with van der Waals surface area (Å²) in [5.41, 5.74) is 10.5. The number of benzene rings is 1. The lowest BCUT2D eigenvalue weighted by Crippen LogP contribution is -2.07. The Kier molecular flexibility index (Phi) is 3.76. The second-order valence-electron chi connectivity index (χ2n) is 4.63. The third kappa shape index (κ3) is 2.35. The minimum Gasteiger partial charge on any atom is -0.385 e. The van der Waals surface area contributed by atoms with Gasteiger partial charge >= 0.3 is 0 Å². The summed E-state index contributed by atoms with van der Waals surface area (Å²) in [7, 11) is 1.86. The number of aromatic nitrogens is 2. The Morgan fingerprint density at radius 2 is 2.10 bits per heavy atom. The molecule has 108 valence electrons. The summed E-state index contributed by atoms with van der Waals surface area (Å²) in [6.45, 7) is 0.383. The molecule has 0 aliphatic heterocycles. The maximum Gasteiger partial charge on any atom is 0.160 e. The smallest absolute Gasteiger partial charge is 0.160 e. The van der Waals surface area contributed by atoms with Crippen molar-refractivity contribution in [3.05, 3.63) is 52.4 Å². The van der Waals surface area contributed by atoms with Gasteiger partial charge in [0.2, 0.25) is 0 Å². The third-order valence-corrected chi connectivity index (χ3v) is 4.01. The Morgan fingerprint density at radius 3 is 2.76 bits per heavy atom. The van der Waals surface area contributed by atoms with Crippen LogP contribution >= 0.6 is 23.2 Å². The zero-order valence-electron chi connectivity index (χ0n) is 11.4. The van der Waals surface area contributed by atoms with E-state index in [0.717, 1.165) is 28.0 Å². The average molecular weight is 321 g/mol. The number of imidazole rings is 1. The highest BCUT2D eigenvalue weighted by atomic mass is 35.5. The molecule has 6 heteroatoms. The zero-order chi connectivity index (χ0) is 15.0.